The van der Waals surface area contributed by atoms with Crippen LogP contribution in [0.5, 0.6) is 0 Å². The average molecular weight is 213 g/mol. The maximum absolute atomic E-state index is 3.68. The first-order valence-corrected chi connectivity index (χ1v) is 5.71. The van der Waals surface area contributed by atoms with E-state index in [2.05, 4.69) is 30.7 Å². The van der Waals surface area contributed by atoms with Crippen LogP contribution in [0.1, 0.15) is 25.3 Å². The highest BCUT2D eigenvalue weighted by Gasteiger charge is 1.96. The summed E-state index contributed by atoms with van der Waals surface area (Å²) in [6.07, 6.45) is 3.89. The van der Waals surface area contributed by atoms with Crippen LogP contribution in [-0.4, -0.2) is 12.6 Å². The molecule has 1 nitrogen and oxygen atoms in total. The van der Waals surface area contributed by atoms with Crippen LogP contribution in [-0.2, 0) is 0 Å². The second kappa shape index (κ2) is 7.73. The Kier molecular flexibility index (Phi) is 6.06. The van der Waals surface area contributed by atoms with Crippen LogP contribution >= 0.6 is 0 Å². The smallest absolute Gasteiger partial charge is 0.0245 e. The number of hydrogen-bond acceptors (Lipinski definition) is 1. The number of benzene rings is 1. The highest BCUT2D eigenvalue weighted by atomic mass is 14.9. The Morgan fingerprint density at radius 2 is 2.12 bits per heavy atom. The van der Waals surface area contributed by atoms with Gasteiger partial charge in [0.1, 0.15) is 0 Å². The highest BCUT2D eigenvalue weighted by molar-refractivity contribution is 5.33. The van der Waals surface area contributed by atoms with Crippen molar-refractivity contribution in [3.05, 3.63) is 48.6 Å². The molecule has 84 valence electrons. The molecule has 0 aromatic heterocycles. The molecule has 0 saturated carbocycles. The van der Waals surface area contributed by atoms with Crippen LogP contribution < -0.4 is 5.32 Å². The van der Waals surface area contributed by atoms with E-state index in [1.54, 1.807) is 0 Å². The molecule has 0 aliphatic heterocycles. The fourth-order valence-corrected chi connectivity index (χ4v) is 1.36. The minimum Gasteiger partial charge on any atom is -0.311 e. The van der Waals surface area contributed by atoms with Gasteiger partial charge in [0, 0.05) is 24.6 Å². The Hall–Kier alpha value is -1.52. The quantitative estimate of drug-likeness (QED) is 0.585. The Bertz CT molecular complexity index is 356. The average Bonchev–Trinajstić information content (AvgIpc) is 2.33. The Labute approximate surface area is 98.6 Å². The predicted molar refractivity (Wildman–Crippen MR) is 70.2 cm³/mol. The van der Waals surface area contributed by atoms with Gasteiger partial charge in [-0.25, -0.2) is 0 Å². The molecule has 0 fully saturated rings. The Morgan fingerprint density at radius 1 is 1.38 bits per heavy atom. The summed E-state index contributed by atoms with van der Waals surface area (Å²) in [5, 5.41) is 3.35. The van der Waals surface area contributed by atoms with E-state index in [0.717, 1.165) is 24.9 Å². The summed E-state index contributed by atoms with van der Waals surface area (Å²) >= 11 is 0. The lowest BCUT2D eigenvalue weighted by Gasteiger charge is -2.09. The first-order valence-electron chi connectivity index (χ1n) is 5.71. The number of nitrogens with one attached hydrogen (secondary N) is 1. The van der Waals surface area contributed by atoms with Gasteiger partial charge >= 0.3 is 0 Å². The molecule has 16 heavy (non-hydrogen) atoms. The molecule has 1 rings (SSSR count). The summed E-state index contributed by atoms with van der Waals surface area (Å²) in [6, 6.07) is 10.6. The maximum atomic E-state index is 3.68. The third-order valence-corrected chi connectivity index (χ3v) is 2.32. The van der Waals surface area contributed by atoms with Gasteiger partial charge in [-0.1, -0.05) is 36.1 Å². The number of hydrogen-bond donors (Lipinski definition) is 1. The van der Waals surface area contributed by atoms with E-state index in [4.69, 9.17) is 0 Å². The molecule has 1 atom stereocenters. The van der Waals surface area contributed by atoms with Crippen LogP contribution in [0.25, 0.3) is 0 Å². The topological polar surface area (TPSA) is 12.0 Å². The van der Waals surface area contributed by atoms with Crippen molar-refractivity contribution in [2.75, 3.05) is 6.54 Å². The van der Waals surface area contributed by atoms with Crippen LogP contribution in [0.3, 0.4) is 0 Å². The van der Waals surface area contributed by atoms with Gasteiger partial charge in [-0.3, -0.25) is 0 Å². The van der Waals surface area contributed by atoms with E-state index >= 15 is 0 Å². The van der Waals surface area contributed by atoms with Gasteiger partial charge < -0.3 is 5.32 Å². The molecular weight excluding hydrogens is 194 g/mol. The van der Waals surface area contributed by atoms with Crippen LogP contribution in [0.15, 0.2) is 43.0 Å². The van der Waals surface area contributed by atoms with Crippen molar-refractivity contribution in [1.29, 1.82) is 0 Å². The van der Waals surface area contributed by atoms with Crippen molar-refractivity contribution in [2.45, 2.75) is 25.8 Å². The molecule has 1 N–H and O–H groups in total. The minimum atomic E-state index is 0.503. The second-order valence-corrected chi connectivity index (χ2v) is 3.80. The number of rotatable bonds is 5. The molecule has 1 unspecified atom stereocenters. The molecule has 0 spiro atoms. The van der Waals surface area contributed by atoms with Gasteiger partial charge in [0.15, 0.2) is 0 Å². The normalized spacial score (nSPS) is 11.3. The van der Waals surface area contributed by atoms with Crippen molar-refractivity contribution < 1.29 is 0 Å². The van der Waals surface area contributed by atoms with Crippen molar-refractivity contribution in [1.82, 2.24) is 5.32 Å². The molecule has 1 aromatic rings. The van der Waals surface area contributed by atoms with E-state index in [1.165, 1.54) is 0 Å². The molecule has 1 heteroatoms. The second-order valence-electron chi connectivity index (χ2n) is 3.80. The predicted octanol–water partition coefficient (Wildman–Crippen LogP) is 2.98. The summed E-state index contributed by atoms with van der Waals surface area (Å²) in [5.41, 5.74) is 1.09. The zero-order chi connectivity index (χ0) is 11.6. The van der Waals surface area contributed by atoms with Gasteiger partial charge in [-0.15, -0.1) is 6.58 Å². The van der Waals surface area contributed by atoms with Gasteiger partial charge in [0.2, 0.25) is 0 Å². The van der Waals surface area contributed by atoms with Gasteiger partial charge in [-0.05, 0) is 25.5 Å². The summed E-state index contributed by atoms with van der Waals surface area (Å²) in [4.78, 5) is 0. The standard InChI is InChI=1S/C15H19N/c1-3-13-16-14(2)9-7-8-12-15-10-5-4-6-11-15/h3-6,10-11,14,16H,1,7,9,13H2,2H3. The van der Waals surface area contributed by atoms with Crippen molar-refractivity contribution in [2.24, 2.45) is 0 Å². The van der Waals surface area contributed by atoms with Crippen LogP contribution in [0.4, 0.5) is 0 Å². The van der Waals surface area contributed by atoms with E-state index in [0.29, 0.717) is 6.04 Å². The van der Waals surface area contributed by atoms with E-state index in [-0.39, 0.29) is 0 Å². The fraction of sp³-hybridized carbons (Fsp3) is 0.333. The molecule has 0 amide bonds. The molecule has 0 aliphatic rings. The zero-order valence-electron chi connectivity index (χ0n) is 9.87. The molecule has 1 aromatic carbocycles. The first kappa shape index (κ1) is 12.5. The SMILES string of the molecule is C=CCNC(C)CCC#Cc1ccccc1. The summed E-state index contributed by atoms with van der Waals surface area (Å²) < 4.78 is 0. The fourth-order valence-electron chi connectivity index (χ4n) is 1.36. The third-order valence-electron chi connectivity index (χ3n) is 2.32. The first-order chi connectivity index (χ1) is 7.83. The molecule has 0 saturated heterocycles. The third kappa shape index (κ3) is 5.38. The van der Waals surface area contributed by atoms with Crippen LogP contribution in [0.2, 0.25) is 0 Å². The molecule has 0 aliphatic carbocycles. The van der Waals surface area contributed by atoms with Crippen molar-refractivity contribution in [3.8, 4) is 11.8 Å². The van der Waals surface area contributed by atoms with Gasteiger partial charge in [0.05, 0.1) is 0 Å². The monoisotopic (exact) mass is 213 g/mol. The zero-order valence-corrected chi connectivity index (χ0v) is 9.87. The summed E-state index contributed by atoms with van der Waals surface area (Å²) in [6.45, 7) is 6.72. The Morgan fingerprint density at radius 3 is 2.81 bits per heavy atom. The van der Waals surface area contributed by atoms with Crippen molar-refractivity contribution in [3.63, 3.8) is 0 Å². The van der Waals surface area contributed by atoms with Gasteiger partial charge in [-0.2, -0.15) is 0 Å². The summed E-state index contributed by atoms with van der Waals surface area (Å²) in [5.74, 6) is 6.35. The largest absolute Gasteiger partial charge is 0.311 e. The van der Waals surface area contributed by atoms with E-state index < -0.39 is 0 Å². The lowest BCUT2D eigenvalue weighted by atomic mass is 10.1. The molecular formula is C15H19N. The Balaban J connectivity index is 2.25. The molecule has 0 heterocycles. The van der Waals surface area contributed by atoms with Gasteiger partial charge in [0.25, 0.3) is 0 Å². The molecule has 0 bridgehead atoms. The lowest BCUT2D eigenvalue weighted by molar-refractivity contribution is 0.551. The van der Waals surface area contributed by atoms with E-state index in [1.807, 2.05) is 36.4 Å². The van der Waals surface area contributed by atoms with Crippen LogP contribution in [0, 0.1) is 11.8 Å². The van der Waals surface area contributed by atoms with E-state index in [9.17, 15) is 0 Å². The summed E-state index contributed by atoms with van der Waals surface area (Å²) in [7, 11) is 0. The highest BCUT2D eigenvalue weighted by Crippen LogP contribution is 1.97. The van der Waals surface area contributed by atoms with Crippen molar-refractivity contribution >= 4 is 0 Å². The lowest BCUT2D eigenvalue weighted by Crippen LogP contribution is -2.25. The molecule has 0 radical (unpaired) electrons. The minimum absolute atomic E-state index is 0.503. The maximum Gasteiger partial charge on any atom is 0.0245 e.